The lowest BCUT2D eigenvalue weighted by Crippen LogP contribution is -2.02. The third-order valence-electron chi connectivity index (χ3n) is 3.40. The van der Waals surface area contributed by atoms with E-state index >= 15 is 0 Å². The first-order valence-electron chi connectivity index (χ1n) is 6.97. The highest BCUT2D eigenvalue weighted by Crippen LogP contribution is 2.26. The summed E-state index contributed by atoms with van der Waals surface area (Å²) < 4.78 is 6.00. The van der Waals surface area contributed by atoms with E-state index in [0.29, 0.717) is 6.61 Å². The van der Waals surface area contributed by atoms with Crippen LogP contribution in [0.1, 0.15) is 15.3 Å². The molecular weight excluding hydrogens is 280 g/mol. The van der Waals surface area contributed by atoms with Gasteiger partial charge in [0.25, 0.3) is 0 Å². The Bertz CT molecular complexity index is 746. The minimum absolute atomic E-state index is 0.585. The molecule has 0 fully saturated rings. The van der Waals surface area contributed by atoms with Gasteiger partial charge < -0.3 is 10.1 Å². The molecule has 0 saturated carbocycles. The van der Waals surface area contributed by atoms with Crippen molar-refractivity contribution in [3.8, 4) is 5.75 Å². The molecule has 1 aromatic carbocycles. The number of rotatable bonds is 5. The van der Waals surface area contributed by atoms with Gasteiger partial charge in [-0.15, -0.1) is 11.3 Å². The van der Waals surface area contributed by atoms with Gasteiger partial charge in [0.05, 0.1) is 0 Å². The van der Waals surface area contributed by atoms with Gasteiger partial charge in [0, 0.05) is 33.4 Å². The largest absolute Gasteiger partial charge is 0.487 e. The molecule has 3 rings (SSSR count). The van der Waals surface area contributed by atoms with Crippen molar-refractivity contribution in [2.75, 3.05) is 7.05 Å². The van der Waals surface area contributed by atoms with Gasteiger partial charge in [-0.3, -0.25) is 4.98 Å². The van der Waals surface area contributed by atoms with Crippen LogP contribution in [-0.4, -0.2) is 12.0 Å². The number of ether oxygens (including phenoxy) is 1. The van der Waals surface area contributed by atoms with Crippen molar-refractivity contribution in [2.45, 2.75) is 20.1 Å². The van der Waals surface area contributed by atoms with Crippen molar-refractivity contribution < 1.29 is 4.74 Å². The first-order chi connectivity index (χ1) is 10.3. The number of thiophene rings is 1. The summed E-state index contributed by atoms with van der Waals surface area (Å²) in [6, 6.07) is 12.2. The topological polar surface area (TPSA) is 34.1 Å². The lowest BCUT2D eigenvalue weighted by molar-refractivity contribution is 0.309. The average Bonchev–Trinajstić information content (AvgIpc) is 2.85. The van der Waals surface area contributed by atoms with Gasteiger partial charge >= 0.3 is 0 Å². The third kappa shape index (κ3) is 3.06. The third-order valence-corrected chi connectivity index (χ3v) is 4.49. The maximum atomic E-state index is 6.00. The maximum absolute atomic E-state index is 6.00. The van der Waals surface area contributed by atoms with Crippen LogP contribution in [0.4, 0.5) is 0 Å². The molecule has 0 aliphatic heterocycles. The van der Waals surface area contributed by atoms with E-state index in [0.717, 1.165) is 23.2 Å². The van der Waals surface area contributed by atoms with Crippen LogP contribution < -0.4 is 10.1 Å². The first-order valence-corrected chi connectivity index (χ1v) is 7.79. The van der Waals surface area contributed by atoms with Crippen molar-refractivity contribution in [1.29, 1.82) is 0 Å². The molecule has 108 valence electrons. The highest BCUT2D eigenvalue weighted by molar-refractivity contribution is 7.12. The van der Waals surface area contributed by atoms with E-state index in [1.807, 2.05) is 36.6 Å². The average molecular weight is 298 g/mol. The summed E-state index contributed by atoms with van der Waals surface area (Å²) in [5.74, 6) is 0.842. The molecule has 21 heavy (non-hydrogen) atoms. The summed E-state index contributed by atoms with van der Waals surface area (Å²) in [4.78, 5) is 7.07. The van der Waals surface area contributed by atoms with Crippen molar-refractivity contribution in [3.63, 3.8) is 0 Å². The molecule has 0 aliphatic rings. The van der Waals surface area contributed by atoms with Crippen LogP contribution in [0.15, 0.2) is 42.6 Å². The van der Waals surface area contributed by atoms with Crippen molar-refractivity contribution >= 4 is 22.2 Å². The quantitative estimate of drug-likeness (QED) is 0.775. The van der Waals surface area contributed by atoms with Crippen molar-refractivity contribution in [1.82, 2.24) is 10.3 Å². The zero-order valence-corrected chi connectivity index (χ0v) is 13.0. The second kappa shape index (κ2) is 6.24. The van der Waals surface area contributed by atoms with Gasteiger partial charge in [-0.2, -0.15) is 0 Å². The summed E-state index contributed by atoms with van der Waals surface area (Å²) in [6.45, 7) is 3.63. The fourth-order valence-corrected chi connectivity index (χ4v) is 3.40. The Morgan fingerprint density at radius 1 is 1.24 bits per heavy atom. The van der Waals surface area contributed by atoms with Crippen LogP contribution >= 0.6 is 11.3 Å². The summed E-state index contributed by atoms with van der Waals surface area (Å²) in [6.07, 6.45) is 1.80. The monoisotopic (exact) mass is 298 g/mol. The van der Waals surface area contributed by atoms with Gasteiger partial charge in [-0.1, -0.05) is 18.2 Å². The van der Waals surface area contributed by atoms with Gasteiger partial charge in [0.15, 0.2) is 0 Å². The van der Waals surface area contributed by atoms with Crippen molar-refractivity contribution in [3.05, 3.63) is 57.9 Å². The SMILES string of the molecule is CNCc1cc(COc2cccc3cccnc23)c(C)s1. The molecule has 4 heteroatoms. The van der Waals surface area contributed by atoms with E-state index in [4.69, 9.17) is 4.74 Å². The molecule has 0 saturated heterocycles. The molecule has 0 aliphatic carbocycles. The molecule has 2 heterocycles. The van der Waals surface area contributed by atoms with E-state index in [2.05, 4.69) is 35.4 Å². The Labute approximate surface area is 128 Å². The zero-order valence-electron chi connectivity index (χ0n) is 12.2. The normalized spacial score (nSPS) is 11.0. The number of aryl methyl sites for hydroxylation is 1. The van der Waals surface area contributed by atoms with Crippen LogP contribution in [0.25, 0.3) is 10.9 Å². The molecule has 0 unspecified atom stereocenters. The van der Waals surface area contributed by atoms with Crippen LogP contribution in [0.2, 0.25) is 0 Å². The fourth-order valence-electron chi connectivity index (χ4n) is 2.34. The van der Waals surface area contributed by atoms with Crippen molar-refractivity contribution in [2.24, 2.45) is 0 Å². The number of pyridine rings is 1. The van der Waals surface area contributed by atoms with Gasteiger partial charge in [-0.05, 0) is 32.2 Å². The molecule has 0 radical (unpaired) electrons. The number of fused-ring (bicyclic) bond motifs is 1. The molecular formula is C17H18N2OS. The second-order valence-electron chi connectivity index (χ2n) is 4.94. The number of hydrogen-bond acceptors (Lipinski definition) is 4. The predicted octanol–water partition coefficient (Wildman–Crippen LogP) is 3.90. The van der Waals surface area contributed by atoms with Crippen LogP contribution in [0.5, 0.6) is 5.75 Å². The Hall–Kier alpha value is -1.91. The number of benzene rings is 1. The highest BCUT2D eigenvalue weighted by Gasteiger charge is 2.08. The minimum Gasteiger partial charge on any atom is -0.487 e. The van der Waals surface area contributed by atoms with Gasteiger partial charge in [-0.25, -0.2) is 0 Å². The maximum Gasteiger partial charge on any atom is 0.146 e. The van der Waals surface area contributed by atoms with E-state index in [9.17, 15) is 0 Å². The van der Waals surface area contributed by atoms with Gasteiger partial charge in [0.1, 0.15) is 17.9 Å². The fraction of sp³-hybridized carbons (Fsp3) is 0.235. The standard InChI is InChI=1S/C17H18N2OS/c1-12-14(9-15(21-12)10-18-2)11-20-16-7-3-5-13-6-4-8-19-17(13)16/h3-9,18H,10-11H2,1-2H3. The Morgan fingerprint density at radius 2 is 2.10 bits per heavy atom. The first kappa shape index (κ1) is 14.0. The highest BCUT2D eigenvalue weighted by atomic mass is 32.1. The van der Waals surface area contributed by atoms with E-state index in [1.165, 1.54) is 15.3 Å². The van der Waals surface area contributed by atoms with Gasteiger partial charge in [0.2, 0.25) is 0 Å². The van der Waals surface area contributed by atoms with E-state index < -0.39 is 0 Å². The Kier molecular flexibility index (Phi) is 4.18. The summed E-state index contributed by atoms with van der Waals surface area (Å²) in [5, 5.41) is 4.29. The van der Waals surface area contributed by atoms with Crippen LogP contribution in [0, 0.1) is 6.92 Å². The molecule has 0 spiro atoms. The lowest BCUT2D eigenvalue weighted by Gasteiger charge is -2.08. The predicted molar refractivity (Wildman–Crippen MR) is 87.9 cm³/mol. The molecule has 1 N–H and O–H groups in total. The summed E-state index contributed by atoms with van der Waals surface area (Å²) >= 11 is 1.82. The second-order valence-corrected chi connectivity index (χ2v) is 6.29. The van der Waals surface area contributed by atoms with E-state index in [1.54, 1.807) is 6.20 Å². The van der Waals surface area contributed by atoms with Crippen LogP contribution in [0.3, 0.4) is 0 Å². The lowest BCUT2D eigenvalue weighted by atomic mass is 10.2. The summed E-state index contributed by atoms with van der Waals surface area (Å²) in [5.41, 5.74) is 2.17. The number of para-hydroxylation sites is 1. The molecule has 3 nitrogen and oxygen atoms in total. The zero-order chi connectivity index (χ0) is 14.7. The molecule has 0 bridgehead atoms. The number of hydrogen-bond donors (Lipinski definition) is 1. The molecule has 0 amide bonds. The number of nitrogens with one attached hydrogen (secondary N) is 1. The number of aromatic nitrogens is 1. The Balaban J connectivity index is 1.80. The Morgan fingerprint density at radius 3 is 2.95 bits per heavy atom. The van der Waals surface area contributed by atoms with Crippen LogP contribution in [-0.2, 0) is 13.2 Å². The minimum atomic E-state index is 0.585. The van der Waals surface area contributed by atoms with E-state index in [-0.39, 0.29) is 0 Å². The smallest absolute Gasteiger partial charge is 0.146 e. The molecule has 3 aromatic rings. The number of nitrogens with zero attached hydrogens (tertiary/aromatic N) is 1. The molecule has 2 aromatic heterocycles. The molecule has 0 atom stereocenters. The summed E-state index contributed by atoms with van der Waals surface area (Å²) in [7, 11) is 1.97.